The topological polar surface area (TPSA) is 106 Å². The van der Waals surface area contributed by atoms with Gasteiger partial charge in [0.2, 0.25) is 0 Å². The second-order valence-corrected chi connectivity index (χ2v) is 4.48. The molecule has 7 nitrogen and oxygen atoms in total. The number of thiazole rings is 1. The second kappa shape index (κ2) is 5.61. The Labute approximate surface area is 107 Å². The fourth-order valence-corrected chi connectivity index (χ4v) is 2.00. The van der Waals surface area contributed by atoms with Crippen molar-refractivity contribution in [3.63, 3.8) is 0 Å². The normalized spacial score (nSPS) is 10.5. The van der Waals surface area contributed by atoms with Crippen molar-refractivity contribution >= 4 is 17.2 Å². The minimum Gasteiger partial charge on any atom is -0.345 e. The zero-order valence-corrected chi connectivity index (χ0v) is 10.4. The van der Waals surface area contributed by atoms with Crippen molar-refractivity contribution in [3.05, 3.63) is 39.0 Å². The predicted molar refractivity (Wildman–Crippen MR) is 67.4 cm³/mol. The van der Waals surface area contributed by atoms with Crippen molar-refractivity contribution in [2.75, 3.05) is 6.54 Å². The van der Waals surface area contributed by atoms with Gasteiger partial charge in [-0.3, -0.25) is 9.59 Å². The average Bonchev–Trinajstić information content (AvgIpc) is 2.96. The van der Waals surface area contributed by atoms with Crippen LogP contribution in [0.4, 0.5) is 0 Å². The molecule has 0 saturated heterocycles. The molecule has 0 unspecified atom stereocenters. The molecule has 0 radical (unpaired) electrons. The standard InChI is InChI=1S/C10H13N5O2S/c11-1-2-15-4-8(13-6-15)9(16)12-3-7-5-18-10(17)14-7/h4-6H,1-3,11H2,(H,12,16)(H,14,17). The lowest BCUT2D eigenvalue weighted by Gasteiger charge is -2.00. The fraction of sp³-hybridized carbons (Fsp3) is 0.300. The third kappa shape index (κ3) is 3.05. The number of carbonyl (C=O) groups is 1. The highest BCUT2D eigenvalue weighted by molar-refractivity contribution is 7.07. The van der Waals surface area contributed by atoms with Gasteiger partial charge in [-0.15, -0.1) is 0 Å². The van der Waals surface area contributed by atoms with E-state index in [0.717, 1.165) is 11.3 Å². The number of nitrogens with zero attached hydrogens (tertiary/aromatic N) is 2. The number of hydrogen-bond acceptors (Lipinski definition) is 5. The molecule has 0 aliphatic heterocycles. The van der Waals surface area contributed by atoms with Crippen LogP contribution >= 0.6 is 11.3 Å². The molecule has 0 atom stereocenters. The number of nitrogens with one attached hydrogen (secondary N) is 2. The van der Waals surface area contributed by atoms with E-state index in [1.54, 1.807) is 22.5 Å². The average molecular weight is 267 g/mol. The van der Waals surface area contributed by atoms with Gasteiger partial charge in [-0.25, -0.2) is 4.98 Å². The van der Waals surface area contributed by atoms with E-state index in [9.17, 15) is 9.59 Å². The number of carbonyl (C=O) groups excluding carboxylic acids is 1. The van der Waals surface area contributed by atoms with Gasteiger partial charge in [0.15, 0.2) is 0 Å². The third-order valence-electron chi connectivity index (χ3n) is 2.26. The maximum absolute atomic E-state index is 11.7. The lowest BCUT2D eigenvalue weighted by Crippen LogP contribution is -2.23. The zero-order chi connectivity index (χ0) is 13.0. The van der Waals surface area contributed by atoms with Gasteiger partial charge in [0.05, 0.1) is 12.9 Å². The number of H-pyrrole nitrogens is 1. The fourth-order valence-electron chi connectivity index (χ4n) is 1.42. The molecule has 0 aromatic carbocycles. The van der Waals surface area contributed by atoms with Gasteiger partial charge in [0.25, 0.3) is 5.91 Å². The smallest absolute Gasteiger partial charge is 0.304 e. The van der Waals surface area contributed by atoms with Gasteiger partial charge in [-0.05, 0) is 0 Å². The Hall–Kier alpha value is -1.93. The summed E-state index contributed by atoms with van der Waals surface area (Å²) < 4.78 is 1.75. The molecular formula is C10H13N5O2S. The van der Waals surface area contributed by atoms with E-state index in [0.29, 0.717) is 24.5 Å². The molecule has 8 heteroatoms. The molecule has 0 fully saturated rings. The molecule has 2 aromatic heterocycles. The molecule has 4 N–H and O–H groups in total. The van der Waals surface area contributed by atoms with Crippen LogP contribution in [0.5, 0.6) is 0 Å². The van der Waals surface area contributed by atoms with E-state index in [1.807, 2.05) is 0 Å². The summed E-state index contributed by atoms with van der Waals surface area (Å²) in [6, 6.07) is 0. The van der Waals surface area contributed by atoms with Crippen LogP contribution in [0, 0.1) is 0 Å². The van der Waals surface area contributed by atoms with E-state index < -0.39 is 0 Å². The molecule has 0 aliphatic carbocycles. The number of nitrogens with two attached hydrogens (primary N) is 1. The van der Waals surface area contributed by atoms with Crippen LogP contribution in [-0.4, -0.2) is 27.0 Å². The van der Waals surface area contributed by atoms with E-state index in [4.69, 9.17) is 5.73 Å². The Morgan fingerprint density at radius 3 is 3.11 bits per heavy atom. The summed E-state index contributed by atoms with van der Waals surface area (Å²) in [5.41, 5.74) is 6.42. The predicted octanol–water partition coefficient (Wildman–Crippen LogP) is -0.478. The second-order valence-electron chi connectivity index (χ2n) is 3.64. The van der Waals surface area contributed by atoms with Crippen LogP contribution in [0.2, 0.25) is 0 Å². The third-order valence-corrected chi connectivity index (χ3v) is 2.98. The van der Waals surface area contributed by atoms with Gasteiger partial charge < -0.3 is 20.6 Å². The summed E-state index contributed by atoms with van der Waals surface area (Å²) in [5.74, 6) is -0.280. The first-order valence-electron chi connectivity index (χ1n) is 5.36. The first kappa shape index (κ1) is 12.5. The lowest BCUT2D eigenvalue weighted by molar-refractivity contribution is 0.0946. The summed E-state index contributed by atoms with van der Waals surface area (Å²) in [7, 11) is 0. The van der Waals surface area contributed by atoms with Crippen LogP contribution in [0.1, 0.15) is 16.2 Å². The first-order valence-corrected chi connectivity index (χ1v) is 6.23. The molecule has 0 aliphatic rings. The van der Waals surface area contributed by atoms with E-state index in [2.05, 4.69) is 15.3 Å². The van der Waals surface area contributed by atoms with Crippen LogP contribution in [0.15, 0.2) is 22.7 Å². The van der Waals surface area contributed by atoms with Crippen molar-refractivity contribution in [2.24, 2.45) is 5.73 Å². The number of imidazole rings is 1. The molecule has 2 aromatic rings. The largest absolute Gasteiger partial charge is 0.345 e. The number of aromatic amines is 1. The quantitative estimate of drug-likeness (QED) is 0.680. The van der Waals surface area contributed by atoms with E-state index >= 15 is 0 Å². The highest BCUT2D eigenvalue weighted by Crippen LogP contribution is 1.98. The summed E-state index contributed by atoms with van der Waals surface area (Å²) >= 11 is 1.07. The number of hydrogen-bond donors (Lipinski definition) is 3. The van der Waals surface area contributed by atoms with Crippen LogP contribution in [0.25, 0.3) is 0 Å². The molecule has 0 spiro atoms. The summed E-state index contributed by atoms with van der Waals surface area (Å²) in [5, 5.41) is 4.35. The summed E-state index contributed by atoms with van der Waals surface area (Å²) in [6.45, 7) is 1.40. The first-order chi connectivity index (χ1) is 8.69. The van der Waals surface area contributed by atoms with Gasteiger partial charge in [0, 0.05) is 30.4 Å². The van der Waals surface area contributed by atoms with E-state index in [1.165, 1.54) is 0 Å². The molecule has 0 bridgehead atoms. The summed E-state index contributed by atoms with van der Waals surface area (Å²) in [4.78, 5) is 29.1. The maximum Gasteiger partial charge on any atom is 0.304 e. The van der Waals surface area contributed by atoms with Crippen molar-refractivity contribution in [1.29, 1.82) is 0 Å². The minimum atomic E-state index is -0.280. The number of aromatic nitrogens is 3. The number of amides is 1. The van der Waals surface area contributed by atoms with Gasteiger partial charge in [0.1, 0.15) is 5.69 Å². The molecule has 2 rings (SSSR count). The lowest BCUT2D eigenvalue weighted by atomic mass is 10.4. The Morgan fingerprint density at radius 2 is 2.44 bits per heavy atom. The Balaban J connectivity index is 1.92. The molecule has 18 heavy (non-hydrogen) atoms. The highest BCUT2D eigenvalue weighted by Gasteiger charge is 2.09. The van der Waals surface area contributed by atoms with Crippen molar-refractivity contribution in [1.82, 2.24) is 19.9 Å². The van der Waals surface area contributed by atoms with Crippen LogP contribution in [-0.2, 0) is 13.1 Å². The van der Waals surface area contributed by atoms with Crippen molar-refractivity contribution in [2.45, 2.75) is 13.1 Å². The van der Waals surface area contributed by atoms with E-state index in [-0.39, 0.29) is 17.3 Å². The molecular weight excluding hydrogens is 254 g/mol. The zero-order valence-electron chi connectivity index (χ0n) is 9.55. The van der Waals surface area contributed by atoms with Crippen molar-refractivity contribution in [3.8, 4) is 0 Å². The minimum absolute atomic E-state index is 0.133. The van der Waals surface area contributed by atoms with Crippen LogP contribution in [0.3, 0.4) is 0 Å². The molecule has 96 valence electrons. The number of rotatable bonds is 5. The maximum atomic E-state index is 11.7. The van der Waals surface area contributed by atoms with Gasteiger partial charge >= 0.3 is 4.87 Å². The van der Waals surface area contributed by atoms with Gasteiger partial charge in [-0.1, -0.05) is 11.3 Å². The summed E-state index contributed by atoms with van der Waals surface area (Å²) in [6.07, 6.45) is 3.20. The Morgan fingerprint density at radius 1 is 1.61 bits per heavy atom. The monoisotopic (exact) mass is 267 g/mol. The van der Waals surface area contributed by atoms with Gasteiger partial charge in [-0.2, -0.15) is 0 Å². The SMILES string of the molecule is NCCn1cnc(C(=O)NCc2csc(=O)[nH]2)c1. The molecule has 1 amide bonds. The highest BCUT2D eigenvalue weighted by atomic mass is 32.1. The van der Waals surface area contributed by atoms with Crippen LogP contribution < -0.4 is 15.9 Å². The Kier molecular flexibility index (Phi) is 3.90. The molecule has 0 saturated carbocycles. The van der Waals surface area contributed by atoms with Crippen molar-refractivity contribution < 1.29 is 4.79 Å². The Bertz CT molecular complexity index is 585. The molecule has 2 heterocycles.